The summed E-state index contributed by atoms with van der Waals surface area (Å²) in [5.74, 6) is 0.115. The normalized spacial score (nSPS) is 12.4. The molecule has 0 fully saturated rings. The predicted octanol–water partition coefficient (Wildman–Crippen LogP) is 0.807. The standard InChI is InChI=1S/C9H15N3O2/c1-3-7(2)14-9(13)6-12-5-4-8(10)11-12/h4-5,7H,3,6H2,1-2H3,(H2,10,11). The number of nitrogens with zero attached hydrogens (tertiary/aromatic N) is 2. The Hall–Kier alpha value is -1.52. The fourth-order valence-electron chi connectivity index (χ4n) is 0.943. The first-order valence-electron chi connectivity index (χ1n) is 4.60. The van der Waals surface area contributed by atoms with E-state index in [0.29, 0.717) is 5.82 Å². The molecule has 78 valence electrons. The summed E-state index contributed by atoms with van der Waals surface area (Å²) in [7, 11) is 0. The largest absolute Gasteiger partial charge is 0.461 e. The molecule has 1 unspecified atom stereocenters. The Labute approximate surface area is 82.8 Å². The molecule has 1 aromatic rings. The molecule has 0 aliphatic carbocycles. The van der Waals surface area contributed by atoms with Gasteiger partial charge in [0.05, 0.1) is 6.10 Å². The van der Waals surface area contributed by atoms with E-state index in [1.54, 1.807) is 12.3 Å². The lowest BCUT2D eigenvalue weighted by Gasteiger charge is -2.10. The van der Waals surface area contributed by atoms with Gasteiger partial charge < -0.3 is 10.5 Å². The third-order valence-electron chi connectivity index (χ3n) is 1.86. The zero-order chi connectivity index (χ0) is 10.6. The second-order valence-electron chi connectivity index (χ2n) is 3.15. The molecular weight excluding hydrogens is 182 g/mol. The van der Waals surface area contributed by atoms with E-state index in [9.17, 15) is 4.79 Å². The highest BCUT2D eigenvalue weighted by Gasteiger charge is 2.08. The zero-order valence-corrected chi connectivity index (χ0v) is 8.43. The molecule has 5 nitrogen and oxygen atoms in total. The molecule has 0 amide bonds. The van der Waals surface area contributed by atoms with Crippen LogP contribution in [0.2, 0.25) is 0 Å². The van der Waals surface area contributed by atoms with E-state index in [1.807, 2.05) is 13.8 Å². The number of nitrogens with two attached hydrogens (primary N) is 1. The van der Waals surface area contributed by atoms with Crippen molar-refractivity contribution in [2.45, 2.75) is 32.9 Å². The number of carbonyl (C=O) groups is 1. The van der Waals surface area contributed by atoms with Gasteiger partial charge in [0.15, 0.2) is 0 Å². The Balaban J connectivity index is 2.41. The van der Waals surface area contributed by atoms with Crippen LogP contribution in [0.4, 0.5) is 5.82 Å². The number of hydrogen-bond donors (Lipinski definition) is 1. The Morgan fingerprint density at radius 1 is 1.79 bits per heavy atom. The van der Waals surface area contributed by atoms with Gasteiger partial charge in [0, 0.05) is 6.20 Å². The van der Waals surface area contributed by atoms with E-state index in [0.717, 1.165) is 6.42 Å². The minimum atomic E-state index is -0.289. The van der Waals surface area contributed by atoms with E-state index < -0.39 is 0 Å². The lowest BCUT2D eigenvalue weighted by Crippen LogP contribution is -2.19. The Morgan fingerprint density at radius 3 is 3.00 bits per heavy atom. The summed E-state index contributed by atoms with van der Waals surface area (Å²) < 4.78 is 6.53. The lowest BCUT2D eigenvalue weighted by atomic mass is 10.3. The van der Waals surface area contributed by atoms with Crippen molar-refractivity contribution in [2.75, 3.05) is 5.73 Å². The summed E-state index contributed by atoms with van der Waals surface area (Å²) in [4.78, 5) is 11.3. The number of esters is 1. The first kappa shape index (κ1) is 10.6. The number of rotatable bonds is 4. The smallest absolute Gasteiger partial charge is 0.328 e. The average molecular weight is 197 g/mol. The summed E-state index contributed by atoms with van der Waals surface area (Å²) in [5.41, 5.74) is 5.40. The minimum Gasteiger partial charge on any atom is -0.461 e. The molecule has 1 heterocycles. The zero-order valence-electron chi connectivity index (χ0n) is 8.43. The molecule has 0 aromatic carbocycles. The van der Waals surface area contributed by atoms with Crippen LogP contribution in [0.3, 0.4) is 0 Å². The van der Waals surface area contributed by atoms with E-state index in [2.05, 4.69) is 5.10 Å². The maximum atomic E-state index is 11.3. The van der Waals surface area contributed by atoms with Crippen LogP contribution in [-0.2, 0) is 16.1 Å². The van der Waals surface area contributed by atoms with Gasteiger partial charge in [-0.05, 0) is 19.4 Å². The predicted molar refractivity (Wildman–Crippen MR) is 52.5 cm³/mol. The van der Waals surface area contributed by atoms with Gasteiger partial charge in [-0.3, -0.25) is 9.48 Å². The average Bonchev–Trinajstić information content (AvgIpc) is 2.50. The number of ether oxygens (including phenoxy) is 1. The van der Waals surface area contributed by atoms with Crippen molar-refractivity contribution in [3.63, 3.8) is 0 Å². The highest BCUT2D eigenvalue weighted by Crippen LogP contribution is 2.00. The number of nitrogen functional groups attached to an aromatic ring is 1. The number of anilines is 1. The SMILES string of the molecule is CCC(C)OC(=O)Cn1ccc(N)n1. The maximum absolute atomic E-state index is 11.3. The molecule has 0 aliphatic heterocycles. The molecular formula is C9H15N3O2. The monoisotopic (exact) mass is 197 g/mol. The Bertz CT molecular complexity index is 309. The van der Waals surface area contributed by atoms with Gasteiger partial charge >= 0.3 is 5.97 Å². The molecule has 2 N–H and O–H groups in total. The molecule has 1 atom stereocenters. The van der Waals surface area contributed by atoms with Gasteiger partial charge in [0.25, 0.3) is 0 Å². The van der Waals surface area contributed by atoms with Crippen LogP contribution in [0.5, 0.6) is 0 Å². The van der Waals surface area contributed by atoms with Gasteiger partial charge in [0.1, 0.15) is 12.4 Å². The first-order valence-corrected chi connectivity index (χ1v) is 4.60. The van der Waals surface area contributed by atoms with E-state index in [-0.39, 0.29) is 18.6 Å². The third kappa shape index (κ3) is 3.08. The highest BCUT2D eigenvalue weighted by molar-refractivity contribution is 5.69. The summed E-state index contributed by atoms with van der Waals surface area (Å²) in [6.07, 6.45) is 2.41. The second kappa shape index (κ2) is 4.64. The Kier molecular flexibility index (Phi) is 3.50. The molecule has 0 spiro atoms. The minimum absolute atomic E-state index is 0.0459. The number of carbonyl (C=O) groups excluding carboxylic acids is 1. The topological polar surface area (TPSA) is 70.1 Å². The van der Waals surface area contributed by atoms with Gasteiger partial charge in [0.2, 0.25) is 0 Å². The Morgan fingerprint density at radius 2 is 2.50 bits per heavy atom. The van der Waals surface area contributed by atoms with Crippen LogP contribution >= 0.6 is 0 Å². The fourth-order valence-corrected chi connectivity index (χ4v) is 0.943. The number of aromatic nitrogens is 2. The van der Waals surface area contributed by atoms with Gasteiger partial charge in [-0.1, -0.05) is 6.92 Å². The summed E-state index contributed by atoms with van der Waals surface area (Å²) >= 11 is 0. The number of hydrogen-bond acceptors (Lipinski definition) is 4. The molecule has 0 radical (unpaired) electrons. The fraction of sp³-hybridized carbons (Fsp3) is 0.556. The van der Waals surface area contributed by atoms with Crippen LogP contribution in [0, 0.1) is 0 Å². The third-order valence-corrected chi connectivity index (χ3v) is 1.86. The van der Waals surface area contributed by atoms with E-state index in [1.165, 1.54) is 4.68 Å². The van der Waals surface area contributed by atoms with Crippen molar-refractivity contribution in [2.24, 2.45) is 0 Å². The lowest BCUT2D eigenvalue weighted by molar-refractivity contribution is -0.149. The van der Waals surface area contributed by atoms with Crippen LogP contribution in [0.25, 0.3) is 0 Å². The van der Waals surface area contributed by atoms with Crippen molar-refractivity contribution >= 4 is 11.8 Å². The van der Waals surface area contributed by atoms with Crippen molar-refractivity contribution in [3.8, 4) is 0 Å². The van der Waals surface area contributed by atoms with Crippen molar-refractivity contribution < 1.29 is 9.53 Å². The summed E-state index contributed by atoms with van der Waals surface area (Å²) in [5, 5.41) is 3.88. The summed E-state index contributed by atoms with van der Waals surface area (Å²) in [6.45, 7) is 3.93. The van der Waals surface area contributed by atoms with Crippen molar-refractivity contribution in [1.29, 1.82) is 0 Å². The van der Waals surface area contributed by atoms with Crippen molar-refractivity contribution in [1.82, 2.24) is 9.78 Å². The van der Waals surface area contributed by atoms with Crippen LogP contribution in [-0.4, -0.2) is 21.9 Å². The second-order valence-corrected chi connectivity index (χ2v) is 3.15. The molecule has 5 heteroatoms. The van der Waals surface area contributed by atoms with Crippen LogP contribution in [0.1, 0.15) is 20.3 Å². The first-order chi connectivity index (χ1) is 6.61. The quantitative estimate of drug-likeness (QED) is 0.725. The molecule has 1 aromatic heterocycles. The maximum Gasteiger partial charge on any atom is 0.328 e. The van der Waals surface area contributed by atoms with Gasteiger partial charge in [-0.25, -0.2) is 0 Å². The van der Waals surface area contributed by atoms with Gasteiger partial charge in [-0.2, -0.15) is 5.10 Å². The molecule has 1 rings (SSSR count). The molecule has 0 saturated carbocycles. The molecule has 14 heavy (non-hydrogen) atoms. The van der Waals surface area contributed by atoms with E-state index in [4.69, 9.17) is 10.5 Å². The summed E-state index contributed by atoms with van der Waals surface area (Å²) in [6, 6.07) is 1.64. The van der Waals surface area contributed by atoms with E-state index >= 15 is 0 Å². The molecule has 0 aliphatic rings. The van der Waals surface area contributed by atoms with Crippen LogP contribution in [0.15, 0.2) is 12.3 Å². The highest BCUT2D eigenvalue weighted by atomic mass is 16.5. The van der Waals surface area contributed by atoms with Gasteiger partial charge in [-0.15, -0.1) is 0 Å². The molecule has 0 bridgehead atoms. The molecule has 0 saturated heterocycles. The van der Waals surface area contributed by atoms with Crippen LogP contribution < -0.4 is 5.73 Å². The van der Waals surface area contributed by atoms with Crippen molar-refractivity contribution in [3.05, 3.63) is 12.3 Å².